The van der Waals surface area contributed by atoms with Gasteiger partial charge in [-0.2, -0.15) is 0 Å². The molecule has 6 heteroatoms. The van der Waals surface area contributed by atoms with Crippen molar-refractivity contribution in [3.05, 3.63) is 84.5 Å². The fraction of sp³-hybridized carbons (Fsp3) is 0.286. The van der Waals surface area contributed by atoms with Crippen molar-refractivity contribution in [3.63, 3.8) is 0 Å². The van der Waals surface area contributed by atoms with E-state index in [2.05, 4.69) is 69.2 Å². The number of aromatic nitrogens is 3. The largest absolute Gasteiger partial charge is 0.378 e. The summed E-state index contributed by atoms with van der Waals surface area (Å²) in [6.07, 6.45) is 8.97. The molecule has 5 heterocycles. The Kier molecular flexibility index (Phi) is 5.83. The summed E-state index contributed by atoms with van der Waals surface area (Å²) in [6, 6.07) is 17.3. The molecule has 0 radical (unpaired) electrons. The zero-order valence-corrected chi connectivity index (χ0v) is 19.2. The Morgan fingerprint density at radius 3 is 2.59 bits per heavy atom. The summed E-state index contributed by atoms with van der Waals surface area (Å²) < 4.78 is 13.4. The zero-order valence-electron chi connectivity index (χ0n) is 19.2. The van der Waals surface area contributed by atoms with Crippen molar-refractivity contribution in [2.75, 3.05) is 44.4 Å². The predicted octanol–water partition coefficient (Wildman–Crippen LogP) is 4.79. The molecule has 4 aromatic rings. The van der Waals surface area contributed by atoms with Gasteiger partial charge in [0.25, 0.3) is 0 Å². The normalized spacial score (nSPS) is 16.6. The van der Waals surface area contributed by atoms with Crippen molar-refractivity contribution >= 4 is 22.2 Å². The molecule has 1 saturated heterocycles. The van der Waals surface area contributed by atoms with E-state index in [1.54, 1.807) is 0 Å². The van der Waals surface area contributed by atoms with Crippen LogP contribution in [0, 0.1) is 0 Å². The minimum Gasteiger partial charge on any atom is -0.378 e. The highest BCUT2D eigenvalue weighted by Crippen LogP contribution is 2.33. The topological polar surface area (TPSA) is 52.4 Å². The highest BCUT2D eigenvalue weighted by molar-refractivity contribution is 5.93. The van der Waals surface area contributed by atoms with Crippen LogP contribution >= 0.6 is 0 Å². The van der Waals surface area contributed by atoms with Gasteiger partial charge in [0.2, 0.25) is 0 Å². The Labute approximate surface area is 199 Å². The van der Waals surface area contributed by atoms with E-state index in [0.29, 0.717) is 6.61 Å². The van der Waals surface area contributed by atoms with Crippen LogP contribution in [0.4, 0.5) is 5.69 Å². The summed E-state index contributed by atoms with van der Waals surface area (Å²) >= 11 is 0. The van der Waals surface area contributed by atoms with Crippen LogP contribution in [0.25, 0.3) is 27.7 Å². The molecule has 2 aliphatic rings. The lowest BCUT2D eigenvalue weighted by atomic mass is 10.0. The van der Waals surface area contributed by atoms with Gasteiger partial charge in [-0.25, -0.2) is 4.98 Å². The summed E-state index contributed by atoms with van der Waals surface area (Å²) in [4.78, 5) is 11.8. The van der Waals surface area contributed by atoms with Gasteiger partial charge in [-0.1, -0.05) is 24.3 Å². The lowest BCUT2D eigenvalue weighted by molar-refractivity contribution is 0.122. The van der Waals surface area contributed by atoms with E-state index in [4.69, 9.17) is 14.5 Å². The molecule has 1 aromatic carbocycles. The third-order valence-electron chi connectivity index (χ3n) is 6.65. The SMILES string of the molecule is C1=C(c2nc(-c3ccc(N4CCOCC4)cc3)cc3c2ccn3Cc2cccnc2)CCOC1. The van der Waals surface area contributed by atoms with E-state index in [1.165, 1.54) is 27.7 Å². The molecule has 3 aromatic heterocycles. The van der Waals surface area contributed by atoms with Crippen LogP contribution in [-0.4, -0.2) is 54.1 Å². The second-order valence-electron chi connectivity index (χ2n) is 8.79. The van der Waals surface area contributed by atoms with Crippen LogP contribution in [-0.2, 0) is 16.0 Å². The first-order chi connectivity index (χ1) is 16.8. The Morgan fingerprint density at radius 2 is 1.82 bits per heavy atom. The number of fused-ring (bicyclic) bond motifs is 1. The Balaban J connectivity index is 1.42. The highest BCUT2D eigenvalue weighted by Gasteiger charge is 2.17. The van der Waals surface area contributed by atoms with Crippen LogP contribution in [0.5, 0.6) is 0 Å². The van der Waals surface area contributed by atoms with E-state index in [-0.39, 0.29) is 0 Å². The Hall–Kier alpha value is -3.48. The molecule has 0 aliphatic carbocycles. The number of nitrogens with zero attached hydrogens (tertiary/aromatic N) is 4. The van der Waals surface area contributed by atoms with Crippen LogP contribution in [0.2, 0.25) is 0 Å². The van der Waals surface area contributed by atoms with Gasteiger partial charge in [0, 0.05) is 54.9 Å². The second kappa shape index (κ2) is 9.41. The smallest absolute Gasteiger partial charge is 0.0761 e. The fourth-order valence-corrected chi connectivity index (χ4v) is 4.81. The lowest BCUT2D eigenvalue weighted by Crippen LogP contribution is -2.36. The number of ether oxygens (including phenoxy) is 2. The molecule has 172 valence electrons. The maximum absolute atomic E-state index is 5.57. The molecule has 0 atom stereocenters. The molecular weight excluding hydrogens is 424 g/mol. The zero-order chi connectivity index (χ0) is 22.7. The van der Waals surface area contributed by atoms with Crippen LogP contribution in [0.1, 0.15) is 17.7 Å². The first-order valence-corrected chi connectivity index (χ1v) is 11.9. The minimum atomic E-state index is 0.646. The van der Waals surface area contributed by atoms with Crippen molar-refractivity contribution in [2.24, 2.45) is 0 Å². The van der Waals surface area contributed by atoms with Crippen molar-refractivity contribution < 1.29 is 9.47 Å². The number of anilines is 1. The molecule has 0 bridgehead atoms. The summed E-state index contributed by atoms with van der Waals surface area (Å²) in [6.45, 7) is 5.61. The standard InChI is InChI=1S/C28H28N4O2/c1-2-21(19-29-10-1)20-32-11-7-25-27(32)18-26(30-28(25)23-8-14-33-15-9-23)22-3-5-24(6-4-22)31-12-16-34-17-13-31/h1-8,10-11,18-19H,9,12-17,20H2. The third-order valence-corrected chi connectivity index (χ3v) is 6.65. The van der Waals surface area contributed by atoms with Crippen molar-refractivity contribution in [2.45, 2.75) is 13.0 Å². The van der Waals surface area contributed by atoms with E-state index in [1.807, 2.05) is 18.5 Å². The molecule has 34 heavy (non-hydrogen) atoms. The van der Waals surface area contributed by atoms with Gasteiger partial charge >= 0.3 is 0 Å². The van der Waals surface area contributed by atoms with Gasteiger partial charge < -0.3 is 18.9 Å². The number of hydrogen-bond donors (Lipinski definition) is 0. The average Bonchev–Trinajstić information content (AvgIpc) is 3.32. The van der Waals surface area contributed by atoms with Crippen LogP contribution in [0.3, 0.4) is 0 Å². The maximum Gasteiger partial charge on any atom is 0.0761 e. The quantitative estimate of drug-likeness (QED) is 0.436. The van der Waals surface area contributed by atoms with E-state index in [0.717, 1.165) is 62.8 Å². The average molecular weight is 453 g/mol. The van der Waals surface area contributed by atoms with E-state index in [9.17, 15) is 0 Å². The van der Waals surface area contributed by atoms with Gasteiger partial charge in [-0.05, 0) is 47.9 Å². The molecule has 2 aliphatic heterocycles. The van der Waals surface area contributed by atoms with E-state index < -0.39 is 0 Å². The Morgan fingerprint density at radius 1 is 0.941 bits per heavy atom. The van der Waals surface area contributed by atoms with Gasteiger partial charge in [-0.15, -0.1) is 0 Å². The monoisotopic (exact) mass is 452 g/mol. The molecule has 6 nitrogen and oxygen atoms in total. The first kappa shape index (κ1) is 21.1. The number of rotatable bonds is 5. The first-order valence-electron chi connectivity index (χ1n) is 11.9. The number of hydrogen-bond acceptors (Lipinski definition) is 5. The highest BCUT2D eigenvalue weighted by atomic mass is 16.5. The molecule has 0 unspecified atom stereocenters. The molecule has 0 spiro atoms. The lowest BCUT2D eigenvalue weighted by Gasteiger charge is -2.28. The summed E-state index contributed by atoms with van der Waals surface area (Å²) in [5, 5.41) is 1.19. The van der Waals surface area contributed by atoms with Gasteiger partial charge in [-0.3, -0.25) is 4.98 Å². The summed E-state index contributed by atoms with van der Waals surface area (Å²) in [5.74, 6) is 0. The summed E-state index contributed by atoms with van der Waals surface area (Å²) in [7, 11) is 0. The molecule has 1 fully saturated rings. The number of pyridine rings is 2. The number of morpholine rings is 1. The molecule has 6 rings (SSSR count). The van der Waals surface area contributed by atoms with Crippen molar-refractivity contribution in [1.82, 2.24) is 14.5 Å². The van der Waals surface area contributed by atoms with Gasteiger partial charge in [0.1, 0.15) is 0 Å². The van der Waals surface area contributed by atoms with Gasteiger partial charge in [0.05, 0.1) is 43.3 Å². The molecule has 0 N–H and O–H groups in total. The Bertz CT molecular complexity index is 1310. The number of benzene rings is 1. The molecular formula is C28H28N4O2. The fourth-order valence-electron chi connectivity index (χ4n) is 4.81. The molecule has 0 amide bonds. The second-order valence-corrected chi connectivity index (χ2v) is 8.79. The van der Waals surface area contributed by atoms with Crippen LogP contribution in [0.15, 0.2) is 73.2 Å². The van der Waals surface area contributed by atoms with Crippen molar-refractivity contribution in [1.29, 1.82) is 0 Å². The maximum atomic E-state index is 5.57. The van der Waals surface area contributed by atoms with Crippen molar-refractivity contribution in [3.8, 4) is 11.3 Å². The summed E-state index contributed by atoms with van der Waals surface area (Å²) in [5.41, 5.74) is 8.06. The predicted molar refractivity (Wildman–Crippen MR) is 135 cm³/mol. The minimum absolute atomic E-state index is 0.646. The van der Waals surface area contributed by atoms with Gasteiger partial charge in [0.15, 0.2) is 0 Å². The molecule has 0 saturated carbocycles. The van der Waals surface area contributed by atoms with Crippen LogP contribution < -0.4 is 4.90 Å². The third kappa shape index (κ3) is 4.22. The van der Waals surface area contributed by atoms with E-state index >= 15 is 0 Å².